The highest BCUT2D eigenvalue weighted by Gasteiger charge is 2.12. The lowest BCUT2D eigenvalue weighted by Crippen LogP contribution is -2.26. The Hall–Kier alpha value is -3.79. The predicted molar refractivity (Wildman–Crippen MR) is 122 cm³/mol. The van der Waals surface area contributed by atoms with Gasteiger partial charge >= 0.3 is 11.6 Å². The van der Waals surface area contributed by atoms with Gasteiger partial charge in [0.05, 0.1) is 11.3 Å². The van der Waals surface area contributed by atoms with Gasteiger partial charge in [-0.1, -0.05) is 6.07 Å². The molecule has 0 aliphatic rings. The Morgan fingerprint density at radius 1 is 1.06 bits per heavy atom. The van der Waals surface area contributed by atoms with E-state index in [1.807, 2.05) is 0 Å². The van der Waals surface area contributed by atoms with Crippen molar-refractivity contribution in [2.45, 2.75) is 32.8 Å². The zero-order valence-corrected chi connectivity index (χ0v) is 18.7. The van der Waals surface area contributed by atoms with Crippen LogP contribution in [0.4, 0.5) is 5.69 Å². The Morgan fingerprint density at radius 3 is 2.61 bits per heavy atom. The minimum absolute atomic E-state index is 0.0397. The van der Waals surface area contributed by atoms with E-state index in [1.54, 1.807) is 29.6 Å². The van der Waals surface area contributed by atoms with Crippen LogP contribution in [0.15, 0.2) is 51.0 Å². The molecule has 0 atom stereocenters. The van der Waals surface area contributed by atoms with Crippen LogP contribution >= 0.6 is 11.3 Å². The summed E-state index contributed by atoms with van der Waals surface area (Å²) >= 11 is 1.33. The number of hydrogen-bond donors (Lipinski definition) is 2. The van der Waals surface area contributed by atoms with Gasteiger partial charge in [-0.2, -0.15) is 0 Å². The Balaban J connectivity index is 1.46. The second-order valence-corrected chi connectivity index (χ2v) is 8.09. The monoisotopic (exact) mass is 470 g/mol. The van der Waals surface area contributed by atoms with E-state index in [-0.39, 0.29) is 55.6 Å². The third kappa shape index (κ3) is 7.11. The number of ketones is 1. The Morgan fingerprint density at radius 2 is 1.88 bits per heavy atom. The van der Waals surface area contributed by atoms with Crippen molar-refractivity contribution >= 4 is 51.6 Å². The second-order valence-electron chi connectivity index (χ2n) is 7.14. The first-order valence-corrected chi connectivity index (χ1v) is 11.0. The summed E-state index contributed by atoms with van der Waals surface area (Å²) in [5, 5.41) is 7.55. The molecule has 2 aromatic heterocycles. The summed E-state index contributed by atoms with van der Waals surface area (Å²) in [6.07, 6.45) is 0.0822. The highest BCUT2D eigenvalue weighted by atomic mass is 32.1. The molecule has 0 aliphatic heterocycles. The molecule has 0 aliphatic carbocycles. The van der Waals surface area contributed by atoms with Gasteiger partial charge in [-0.15, -0.1) is 11.3 Å². The van der Waals surface area contributed by atoms with Crippen molar-refractivity contribution in [1.29, 1.82) is 0 Å². The molecule has 9 nitrogen and oxygen atoms in total. The van der Waals surface area contributed by atoms with Gasteiger partial charge in [-0.3, -0.25) is 19.2 Å². The van der Waals surface area contributed by atoms with Crippen molar-refractivity contribution in [3.05, 3.63) is 62.6 Å². The highest BCUT2D eigenvalue weighted by molar-refractivity contribution is 7.12. The molecule has 1 aromatic carbocycles. The number of esters is 1. The first-order valence-electron chi connectivity index (χ1n) is 10.1. The predicted octanol–water partition coefficient (Wildman–Crippen LogP) is 3.03. The minimum Gasteiger partial charge on any atom is -0.461 e. The number of fused-ring (bicyclic) bond motifs is 1. The molecule has 33 heavy (non-hydrogen) atoms. The topological polar surface area (TPSA) is 132 Å². The van der Waals surface area contributed by atoms with Crippen LogP contribution in [0.25, 0.3) is 11.0 Å². The molecule has 172 valence electrons. The van der Waals surface area contributed by atoms with E-state index in [2.05, 4.69) is 10.6 Å². The zero-order valence-electron chi connectivity index (χ0n) is 17.8. The number of hydrogen-bond acceptors (Lipinski definition) is 8. The van der Waals surface area contributed by atoms with Crippen molar-refractivity contribution < 1.29 is 28.3 Å². The molecule has 0 saturated heterocycles. The normalized spacial score (nSPS) is 10.6. The van der Waals surface area contributed by atoms with E-state index in [4.69, 9.17) is 9.15 Å². The van der Waals surface area contributed by atoms with Gasteiger partial charge in [-0.25, -0.2) is 4.79 Å². The van der Waals surface area contributed by atoms with Gasteiger partial charge in [-0.05, 0) is 23.6 Å². The molecule has 0 saturated carbocycles. The molecule has 2 heterocycles. The molecule has 3 aromatic rings. The summed E-state index contributed by atoms with van der Waals surface area (Å²) in [5.41, 5.74) is 0.572. The molecule has 0 radical (unpaired) electrons. The lowest BCUT2D eigenvalue weighted by molar-refractivity contribution is -0.144. The van der Waals surface area contributed by atoms with Crippen LogP contribution in [0, 0.1) is 0 Å². The summed E-state index contributed by atoms with van der Waals surface area (Å²) in [5.74, 6) is -1.23. The lowest BCUT2D eigenvalue weighted by atomic mass is 10.1. The maximum Gasteiger partial charge on any atom is 0.336 e. The van der Waals surface area contributed by atoms with Crippen LogP contribution in [-0.4, -0.2) is 30.1 Å². The average Bonchev–Trinajstić information content (AvgIpc) is 3.30. The molecule has 2 N–H and O–H groups in total. The average molecular weight is 471 g/mol. The number of rotatable bonds is 10. The van der Waals surface area contributed by atoms with Gasteiger partial charge in [0.2, 0.25) is 11.8 Å². The summed E-state index contributed by atoms with van der Waals surface area (Å²) in [6, 6.07) is 9.54. The van der Waals surface area contributed by atoms with Crippen molar-refractivity contribution in [3.63, 3.8) is 0 Å². The third-order valence-electron chi connectivity index (χ3n) is 4.57. The Bertz CT molecular complexity index is 1230. The number of carbonyl (C=O) groups is 4. The summed E-state index contributed by atoms with van der Waals surface area (Å²) < 4.78 is 10.4. The van der Waals surface area contributed by atoms with Crippen LogP contribution in [0.3, 0.4) is 0 Å². The molecule has 2 amide bonds. The van der Waals surface area contributed by atoms with E-state index in [1.165, 1.54) is 30.4 Å². The van der Waals surface area contributed by atoms with Gasteiger partial charge in [0.1, 0.15) is 12.2 Å². The number of ether oxygens (including phenoxy) is 1. The number of anilines is 1. The van der Waals surface area contributed by atoms with E-state index in [9.17, 15) is 24.0 Å². The SMILES string of the molecule is CC(=O)Nc1ccc2c(COC(=O)CCNC(=O)CCC(=O)c3cccs3)cc(=O)oc2c1. The molecule has 3 rings (SSSR count). The van der Waals surface area contributed by atoms with Gasteiger partial charge in [0.15, 0.2) is 5.78 Å². The minimum atomic E-state index is -0.613. The number of thiophene rings is 1. The second kappa shape index (κ2) is 11.2. The van der Waals surface area contributed by atoms with Crippen LogP contribution < -0.4 is 16.3 Å². The standard InChI is InChI=1S/C23H22N2O7S/c1-14(26)25-16-4-5-17-15(11-23(30)32-19(17)12-16)13-31-22(29)8-9-24-21(28)7-6-18(27)20-3-2-10-33-20/h2-5,10-12H,6-9,13H2,1H3,(H,24,28)(H,25,26). The molecule has 0 bridgehead atoms. The maximum absolute atomic E-state index is 12.0. The number of amides is 2. The van der Waals surface area contributed by atoms with Crippen molar-refractivity contribution in [1.82, 2.24) is 5.32 Å². The molecular formula is C23H22N2O7S. The fourth-order valence-corrected chi connectivity index (χ4v) is 3.73. The fourth-order valence-electron chi connectivity index (χ4n) is 3.04. The van der Waals surface area contributed by atoms with E-state index < -0.39 is 11.6 Å². The van der Waals surface area contributed by atoms with Gasteiger partial charge in [0, 0.05) is 55.1 Å². The largest absolute Gasteiger partial charge is 0.461 e. The molecule has 0 fully saturated rings. The Kier molecular flexibility index (Phi) is 8.09. The Labute approximate surface area is 192 Å². The fraction of sp³-hybridized carbons (Fsp3) is 0.261. The third-order valence-corrected chi connectivity index (χ3v) is 5.48. The van der Waals surface area contributed by atoms with Crippen LogP contribution in [-0.2, 0) is 25.7 Å². The summed E-state index contributed by atoms with van der Waals surface area (Å²) in [6.45, 7) is 1.29. The molecular weight excluding hydrogens is 448 g/mol. The van der Waals surface area contributed by atoms with E-state index in [0.29, 0.717) is 21.5 Å². The number of benzene rings is 1. The van der Waals surface area contributed by atoms with E-state index >= 15 is 0 Å². The summed E-state index contributed by atoms with van der Waals surface area (Å²) in [4.78, 5) is 59.5. The van der Waals surface area contributed by atoms with Gasteiger partial charge < -0.3 is 19.8 Å². The van der Waals surface area contributed by atoms with Crippen LogP contribution in [0.5, 0.6) is 0 Å². The number of nitrogens with one attached hydrogen (secondary N) is 2. The first-order chi connectivity index (χ1) is 15.8. The first kappa shape index (κ1) is 23.9. The highest BCUT2D eigenvalue weighted by Crippen LogP contribution is 2.22. The summed E-state index contributed by atoms with van der Waals surface area (Å²) in [7, 11) is 0. The maximum atomic E-state index is 12.0. The smallest absolute Gasteiger partial charge is 0.336 e. The molecule has 0 unspecified atom stereocenters. The van der Waals surface area contributed by atoms with Gasteiger partial charge in [0.25, 0.3) is 0 Å². The van der Waals surface area contributed by atoms with Crippen molar-refractivity contribution in [2.24, 2.45) is 0 Å². The molecule has 0 spiro atoms. The van der Waals surface area contributed by atoms with Crippen LogP contribution in [0.1, 0.15) is 41.4 Å². The number of carbonyl (C=O) groups excluding carboxylic acids is 4. The van der Waals surface area contributed by atoms with Crippen molar-refractivity contribution in [2.75, 3.05) is 11.9 Å². The lowest BCUT2D eigenvalue weighted by Gasteiger charge is -2.09. The van der Waals surface area contributed by atoms with Crippen molar-refractivity contribution in [3.8, 4) is 0 Å². The molecule has 10 heteroatoms. The van der Waals surface area contributed by atoms with E-state index in [0.717, 1.165) is 0 Å². The van der Waals surface area contributed by atoms with Crippen LogP contribution in [0.2, 0.25) is 0 Å². The zero-order chi connectivity index (χ0) is 23.8. The quantitative estimate of drug-likeness (QED) is 0.264. The number of Topliss-reactive ketones (excluding diaryl/α,β-unsaturated/α-hetero) is 1.